The molecule has 110 valence electrons. The van der Waals surface area contributed by atoms with Gasteiger partial charge in [0.2, 0.25) is 5.91 Å². The molecule has 0 spiro atoms. The first kappa shape index (κ1) is 14.8. The van der Waals surface area contributed by atoms with Crippen molar-refractivity contribution in [3.05, 3.63) is 29.6 Å². The monoisotopic (exact) mass is 280 g/mol. The fourth-order valence-corrected chi connectivity index (χ4v) is 1.92. The van der Waals surface area contributed by atoms with Gasteiger partial charge >= 0.3 is 0 Å². The highest BCUT2D eigenvalue weighted by molar-refractivity contribution is 5.76. The van der Waals surface area contributed by atoms with Crippen LogP contribution in [0.3, 0.4) is 0 Å². The molecule has 0 aliphatic heterocycles. The fraction of sp³-hybridized carbons (Fsp3) is 0.533. The second kappa shape index (κ2) is 7.24. The van der Waals surface area contributed by atoms with Gasteiger partial charge in [0.15, 0.2) is 0 Å². The van der Waals surface area contributed by atoms with Crippen molar-refractivity contribution in [3.8, 4) is 5.75 Å². The standard InChI is InChI=1S/C15H21FN2O2/c1-20-13-7-4-11(14(16)9-13)10-17-8-2-3-15(19)18-12-5-6-12/h4,7,9,12,17H,2-3,5-6,8,10H2,1H3,(H,18,19). The Labute approximate surface area is 118 Å². The van der Waals surface area contributed by atoms with Crippen LogP contribution in [0.15, 0.2) is 18.2 Å². The van der Waals surface area contributed by atoms with E-state index in [2.05, 4.69) is 10.6 Å². The molecule has 0 bridgehead atoms. The van der Waals surface area contributed by atoms with Crippen LogP contribution >= 0.6 is 0 Å². The first-order valence-electron chi connectivity index (χ1n) is 7.01. The van der Waals surface area contributed by atoms with Crippen LogP contribution in [0, 0.1) is 5.82 Å². The molecular weight excluding hydrogens is 259 g/mol. The number of nitrogens with one attached hydrogen (secondary N) is 2. The molecule has 1 amide bonds. The van der Waals surface area contributed by atoms with Gasteiger partial charge in [-0.25, -0.2) is 4.39 Å². The first-order valence-corrected chi connectivity index (χ1v) is 7.01. The van der Waals surface area contributed by atoms with E-state index in [1.165, 1.54) is 13.2 Å². The van der Waals surface area contributed by atoms with E-state index in [0.29, 0.717) is 36.9 Å². The van der Waals surface area contributed by atoms with Crippen LogP contribution < -0.4 is 15.4 Å². The van der Waals surface area contributed by atoms with Gasteiger partial charge in [-0.05, 0) is 31.9 Å². The van der Waals surface area contributed by atoms with Crippen LogP contribution in [0.4, 0.5) is 4.39 Å². The third-order valence-electron chi connectivity index (χ3n) is 3.28. The van der Waals surface area contributed by atoms with Gasteiger partial charge in [-0.3, -0.25) is 4.79 Å². The lowest BCUT2D eigenvalue weighted by Crippen LogP contribution is -2.26. The molecule has 1 aromatic rings. The normalized spacial score (nSPS) is 14.1. The predicted molar refractivity (Wildman–Crippen MR) is 75.1 cm³/mol. The van der Waals surface area contributed by atoms with Crippen molar-refractivity contribution in [3.63, 3.8) is 0 Å². The number of methoxy groups -OCH3 is 1. The summed E-state index contributed by atoms with van der Waals surface area (Å²) >= 11 is 0. The van der Waals surface area contributed by atoms with E-state index in [4.69, 9.17) is 4.74 Å². The molecule has 5 heteroatoms. The molecule has 20 heavy (non-hydrogen) atoms. The topological polar surface area (TPSA) is 50.4 Å². The summed E-state index contributed by atoms with van der Waals surface area (Å²) in [5.41, 5.74) is 0.605. The Morgan fingerprint density at radius 3 is 2.90 bits per heavy atom. The number of rotatable bonds is 8. The number of halogens is 1. The predicted octanol–water partition coefficient (Wildman–Crippen LogP) is 1.98. The molecule has 0 unspecified atom stereocenters. The van der Waals surface area contributed by atoms with Crippen LogP contribution in [-0.2, 0) is 11.3 Å². The number of amides is 1. The Kier molecular flexibility index (Phi) is 5.35. The molecule has 1 saturated carbocycles. The summed E-state index contributed by atoms with van der Waals surface area (Å²) in [6.45, 7) is 1.16. The van der Waals surface area contributed by atoms with E-state index in [9.17, 15) is 9.18 Å². The van der Waals surface area contributed by atoms with Crippen molar-refractivity contribution in [2.24, 2.45) is 0 Å². The number of benzene rings is 1. The van der Waals surface area contributed by atoms with E-state index in [1.54, 1.807) is 12.1 Å². The molecule has 4 nitrogen and oxygen atoms in total. The molecular formula is C15H21FN2O2. The summed E-state index contributed by atoms with van der Waals surface area (Å²) in [4.78, 5) is 11.4. The van der Waals surface area contributed by atoms with Crippen LogP contribution in [0.1, 0.15) is 31.2 Å². The highest BCUT2D eigenvalue weighted by Crippen LogP contribution is 2.18. The lowest BCUT2D eigenvalue weighted by atomic mass is 10.2. The quantitative estimate of drug-likeness (QED) is 0.716. The Hall–Kier alpha value is -1.62. The van der Waals surface area contributed by atoms with Crippen LogP contribution in [0.25, 0.3) is 0 Å². The number of carbonyl (C=O) groups is 1. The van der Waals surface area contributed by atoms with E-state index >= 15 is 0 Å². The molecule has 0 heterocycles. The molecule has 2 rings (SSSR count). The third-order valence-corrected chi connectivity index (χ3v) is 3.28. The summed E-state index contributed by atoms with van der Waals surface area (Å²) in [7, 11) is 1.51. The highest BCUT2D eigenvalue weighted by Gasteiger charge is 2.22. The summed E-state index contributed by atoms with van der Waals surface area (Å²) in [5, 5.41) is 6.09. The number of hydrogen-bond acceptors (Lipinski definition) is 3. The Morgan fingerprint density at radius 1 is 1.45 bits per heavy atom. The van der Waals surface area contributed by atoms with E-state index in [1.807, 2.05) is 0 Å². The van der Waals surface area contributed by atoms with Crippen molar-refractivity contribution in [2.75, 3.05) is 13.7 Å². The summed E-state index contributed by atoms with van der Waals surface area (Å²) in [6.07, 6.45) is 3.51. The summed E-state index contributed by atoms with van der Waals surface area (Å²) < 4.78 is 18.6. The van der Waals surface area contributed by atoms with Crippen LogP contribution in [-0.4, -0.2) is 25.6 Å². The number of ether oxygens (including phenoxy) is 1. The van der Waals surface area contributed by atoms with E-state index in [0.717, 1.165) is 19.3 Å². The zero-order valence-electron chi connectivity index (χ0n) is 11.7. The molecule has 0 atom stereocenters. The highest BCUT2D eigenvalue weighted by atomic mass is 19.1. The zero-order chi connectivity index (χ0) is 14.4. The van der Waals surface area contributed by atoms with Gasteiger partial charge in [-0.1, -0.05) is 6.07 Å². The average Bonchev–Trinajstić information content (AvgIpc) is 3.23. The summed E-state index contributed by atoms with van der Waals surface area (Å²) in [5.74, 6) is 0.358. The van der Waals surface area contributed by atoms with Gasteiger partial charge in [0.1, 0.15) is 11.6 Å². The van der Waals surface area contributed by atoms with Crippen molar-refractivity contribution in [1.29, 1.82) is 0 Å². The molecule has 1 aliphatic carbocycles. The molecule has 2 N–H and O–H groups in total. The fourth-order valence-electron chi connectivity index (χ4n) is 1.92. The largest absolute Gasteiger partial charge is 0.497 e. The SMILES string of the molecule is COc1ccc(CNCCCC(=O)NC2CC2)c(F)c1. The molecule has 0 aromatic heterocycles. The maximum atomic E-state index is 13.6. The van der Waals surface area contributed by atoms with Gasteiger partial charge < -0.3 is 15.4 Å². The van der Waals surface area contributed by atoms with Gasteiger partial charge in [0, 0.05) is 30.6 Å². The Bertz CT molecular complexity index is 461. The third kappa shape index (κ3) is 4.81. The molecule has 0 radical (unpaired) electrons. The van der Waals surface area contributed by atoms with Crippen molar-refractivity contribution < 1.29 is 13.9 Å². The number of hydrogen-bond donors (Lipinski definition) is 2. The van der Waals surface area contributed by atoms with Gasteiger partial charge in [0.05, 0.1) is 7.11 Å². The van der Waals surface area contributed by atoms with Gasteiger partial charge in [-0.15, -0.1) is 0 Å². The lowest BCUT2D eigenvalue weighted by Gasteiger charge is -2.07. The smallest absolute Gasteiger partial charge is 0.220 e. The maximum Gasteiger partial charge on any atom is 0.220 e. The van der Waals surface area contributed by atoms with Gasteiger partial charge in [-0.2, -0.15) is 0 Å². The minimum Gasteiger partial charge on any atom is -0.497 e. The maximum absolute atomic E-state index is 13.6. The van der Waals surface area contributed by atoms with Crippen molar-refractivity contribution in [2.45, 2.75) is 38.3 Å². The second-order valence-corrected chi connectivity index (χ2v) is 5.08. The Balaban J connectivity index is 1.61. The van der Waals surface area contributed by atoms with Crippen LogP contribution in [0.5, 0.6) is 5.75 Å². The minimum atomic E-state index is -0.275. The minimum absolute atomic E-state index is 0.116. The van der Waals surface area contributed by atoms with E-state index in [-0.39, 0.29) is 11.7 Å². The summed E-state index contributed by atoms with van der Waals surface area (Å²) in [6, 6.07) is 5.24. The first-order chi connectivity index (χ1) is 9.69. The van der Waals surface area contributed by atoms with E-state index < -0.39 is 0 Å². The van der Waals surface area contributed by atoms with Crippen molar-refractivity contribution >= 4 is 5.91 Å². The van der Waals surface area contributed by atoms with Gasteiger partial charge in [0.25, 0.3) is 0 Å². The molecule has 0 saturated heterocycles. The molecule has 1 fully saturated rings. The average molecular weight is 280 g/mol. The van der Waals surface area contributed by atoms with Crippen LogP contribution in [0.2, 0.25) is 0 Å². The lowest BCUT2D eigenvalue weighted by molar-refractivity contribution is -0.121. The second-order valence-electron chi connectivity index (χ2n) is 5.08. The molecule has 1 aromatic carbocycles. The van der Waals surface area contributed by atoms with Crippen molar-refractivity contribution in [1.82, 2.24) is 10.6 Å². The number of carbonyl (C=O) groups excluding carboxylic acids is 1. The zero-order valence-corrected chi connectivity index (χ0v) is 11.7. The Morgan fingerprint density at radius 2 is 2.25 bits per heavy atom. The molecule has 1 aliphatic rings.